The first-order valence-corrected chi connectivity index (χ1v) is 4.46. The quantitative estimate of drug-likeness (QED) is 0.659. The van der Waals surface area contributed by atoms with Crippen LogP contribution in [0.25, 0.3) is 0 Å². The van der Waals surface area contributed by atoms with Gasteiger partial charge in [-0.05, 0) is 52.7 Å². The number of nitrogens with two attached hydrogens (primary N) is 1. The van der Waals surface area contributed by atoms with Gasteiger partial charge in [-0.15, -0.1) is 0 Å². The Balaban J connectivity index is 2.22. The fourth-order valence-corrected chi connectivity index (χ4v) is 1.41. The summed E-state index contributed by atoms with van der Waals surface area (Å²) in [6.45, 7) is 3.30. The maximum Gasteiger partial charge on any atom is 0.0166 e. The van der Waals surface area contributed by atoms with E-state index in [9.17, 15) is 0 Å². The highest BCUT2D eigenvalue weighted by Crippen LogP contribution is 2.39. The third-order valence-electron chi connectivity index (χ3n) is 2.61. The Morgan fingerprint density at radius 3 is 2.36 bits per heavy atom. The smallest absolute Gasteiger partial charge is 0.0166 e. The van der Waals surface area contributed by atoms with Crippen LogP contribution in [-0.4, -0.2) is 31.1 Å². The van der Waals surface area contributed by atoms with Gasteiger partial charge in [0.1, 0.15) is 0 Å². The lowest BCUT2D eigenvalue weighted by Gasteiger charge is -2.25. The molecule has 0 aromatic rings. The number of rotatable bonds is 4. The van der Waals surface area contributed by atoms with Gasteiger partial charge < -0.3 is 10.6 Å². The predicted octanol–water partition coefficient (Wildman–Crippen LogP) is 1.07. The minimum Gasteiger partial charge on any atom is -0.325 e. The molecule has 0 amide bonds. The van der Waals surface area contributed by atoms with E-state index in [1.165, 1.54) is 12.8 Å². The summed E-state index contributed by atoms with van der Waals surface area (Å²) in [6, 6.07) is 0. The summed E-state index contributed by atoms with van der Waals surface area (Å²) in [7, 11) is 4.20. The minimum atomic E-state index is 0.101. The van der Waals surface area contributed by atoms with Crippen molar-refractivity contribution in [3.8, 4) is 0 Å². The van der Waals surface area contributed by atoms with Crippen LogP contribution in [-0.2, 0) is 0 Å². The molecule has 1 fully saturated rings. The largest absolute Gasteiger partial charge is 0.325 e. The SMILES string of the molecule is CN(C)CCC(C)(N)C1CC1. The molecule has 1 atom stereocenters. The molecule has 66 valence electrons. The van der Waals surface area contributed by atoms with Crippen molar-refractivity contribution >= 4 is 0 Å². The van der Waals surface area contributed by atoms with Gasteiger partial charge in [0, 0.05) is 5.54 Å². The Morgan fingerprint density at radius 2 is 2.00 bits per heavy atom. The average molecular weight is 156 g/mol. The van der Waals surface area contributed by atoms with Crippen LogP contribution in [0.5, 0.6) is 0 Å². The molecule has 2 nitrogen and oxygen atoms in total. The fraction of sp³-hybridized carbons (Fsp3) is 1.00. The second-order valence-corrected chi connectivity index (χ2v) is 4.33. The molecule has 0 aromatic carbocycles. The Hall–Kier alpha value is -0.0800. The van der Waals surface area contributed by atoms with Crippen LogP contribution in [0, 0.1) is 5.92 Å². The maximum atomic E-state index is 6.14. The summed E-state index contributed by atoms with van der Waals surface area (Å²) in [5, 5.41) is 0. The fourth-order valence-electron chi connectivity index (χ4n) is 1.41. The minimum absolute atomic E-state index is 0.101. The van der Waals surface area contributed by atoms with Crippen LogP contribution < -0.4 is 5.73 Å². The summed E-state index contributed by atoms with van der Waals surface area (Å²) in [5.41, 5.74) is 6.25. The molecule has 0 bridgehead atoms. The van der Waals surface area contributed by atoms with Crippen LogP contribution in [0.4, 0.5) is 0 Å². The molecule has 1 aliphatic rings. The lowest BCUT2D eigenvalue weighted by molar-refractivity contribution is 0.305. The molecule has 0 aliphatic heterocycles. The molecule has 0 aromatic heterocycles. The van der Waals surface area contributed by atoms with Gasteiger partial charge in [0.15, 0.2) is 0 Å². The molecule has 0 spiro atoms. The summed E-state index contributed by atoms with van der Waals surface area (Å²) in [5.74, 6) is 0.808. The maximum absolute atomic E-state index is 6.14. The summed E-state index contributed by atoms with van der Waals surface area (Å²) in [4.78, 5) is 2.20. The molecule has 11 heavy (non-hydrogen) atoms. The Bertz CT molecular complexity index is 126. The lowest BCUT2D eigenvalue weighted by atomic mass is 9.93. The zero-order valence-electron chi connectivity index (χ0n) is 7.93. The van der Waals surface area contributed by atoms with Crippen molar-refractivity contribution in [3.63, 3.8) is 0 Å². The molecular formula is C9H20N2. The van der Waals surface area contributed by atoms with E-state index >= 15 is 0 Å². The second-order valence-electron chi connectivity index (χ2n) is 4.33. The van der Waals surface area contributed by atoms with E-state index in [1.807, 2.05) is 0 Å². The van der Waals surface area contributed by atoms with Gasteiger partial charge in [-0.25, -0.2) is 0 Å². The van der Waals surface area contributed by atoms with Crippen LogP contribution in [0.15, 0.2) is 0 Å². The monoisotopic (exact) mass is 156 g/mol. The van der Waals surface area contributed by atoms with E-state index in [-0.39, 0.29) is 5.54 Å². The first kappa shape index (κ1) is 9.01. The summed E-state index contributed by atoms with van der Waals surface area (Å²) in [6.07, 6.45) is 3.82. The van der Waals surface area contributed by atoms with Crippen molar-refractivity contribution < 1.29 is 0 Å². The van der Waals surface area contributed by atoms with Crippen molar-refractivity contribution in [2.75, 3.05) is 20.6 Å². The Morgan fingerprint density at radius 1 is 1.45 bits per heavy atom. The lowest BCUT2D eigenvalue weighted by Crippen LogP contribution is -2.41. The number of hydrogen-bond donors (Lipinski definition) is 1. The zero-order chi connectivity index (χ0) is 8.48. The molecule has 0 saturated heterocycles. The van der Waals surface area contributed by atoms with Crippen molar-refractivity contribution in [1.82, 2.24) is 4.90 Å². The van der Waals surface area contributed by atoms with Crippen LogP contribution >= 0.6 is 0 Å². The normalized spacial score (nSPS) is 23.7. The first-order chi connectivity index (χ1) is 5.02. The highest BCUT2D eigenvalue weighted by molar-refractivity contribution is 4.95. The summed E-state index contributed by atoms with van der Waals surface area (Å²) < 4.78 is 0. The van der Waals surface area contributed by atoms with Crippen LogP contribution in [0.1, 0.15) is 26.2 Å². The van der Waals surface area contributed by atoms with Gasteiger partial charge in [-0.2, -0.15) is 0 Å². The highest BCUT2D eigenvalue weighted by atomic mass is 15.1. The first-order valence-electron chi connectivity index (χ1n) is 4.46. The average Bonchev–Trinajstić information content (AvgIpc) is 2.64. The predicted molar refractivity (Wildman–Crippen MR) is 48.5 cm³/mol. The Labute approximate surface area is 69.8 Å². The molecular weight excluding hydrogens is 136 g/mol. The van der Waals surface area contributed by atoms with Gasteiger partial charge >= 0.3 is 0 Å². The van der Waals surface area contributed by atoms with Gasteiger partial charge in [-0.1, -0.05) is 0 Å². The van der Waals surface area contributed by atoms with Crippen molar-refractivity contribution in [2.24, 2.45) is 11.7 Å². The zero-order valence-corrected chi connectivity index (χ0v) is 7.93. The number of hydrogen-bond acceptors (Lipinski definition) is 2. The van der Waals surface area contributed by atoms with E-state index < -0.39 is 0 Å². The van der Waals surface area contributed by atoms with E-state index in [4.69, 9.17) is 5.73 Å². The molecule has 1 saturated carbocycles. The van der Waals surface area contributed by atoms with E-state index in [2.05, 4.69) is 25.9 Å². The van der Waals surface area contributed by atoms with Crippen molar-refractivity contribution in [1.29, 1.82) is 0 Å². The number of nitrogens with zero attached hydrogens (tertiary/aromatic N) is 1. The van der Waals surface area contributed by atoms with E-state index in [1.54, 1.807) is 0 Å². The standard InChI is InChI=1S/C9H20N2/c1-9(10,8-4-5-8)6-7-11(2)3/h8H,4-7,10H2,1-3H3. The molecule has 0 heterocycles. The third-order valence-corrected chi connectivity index (χ3v) is 2.61. The van der Waals surface area contributed by atoms with Crippen molar-refractivity contribution in [3.05, 3.63) is 0 Å². The molecule has 0 radical (unpaired) electrons. The van der Waals surface area contributed by atoms with Gasteiger partial charge in [0.05, 0.1) is 0 Å². The molecule has 1 rings (SSSR count). The third kappa shape index (κ3) is 2.80. The second kappa shape index (κ2) is 3.11. The van der Waals surface area contributed by atoms with Gasteiger partial charge in [-0.3, -0.25) is 0 Å². The molecule has 1 aliphatic carbocycles. The molecule has 2 N–H and O–H groups in total. The van der Waals surface area contributed by atoms with Crippen LogP contribution in [0.2, 0.25) is 0 Å². The topological polar surface area (TPSA) is 29.3 Å². The highest BCUT2D eigenvalue weighted by Gasteiger charge is 2.37. The van der Waals surface area contributed by atoms with Gasteiger partial charge in [0.2, 0.25) is 0 Å². The summed E-state index contributed by atoms with van der Waals surface area (Å²) >= 11 is 0. The van der Waals surface area contributed by atoms with Crippen molar-refractivity contribution in [2.45, 2.75) is 31.7 Å². The molecule has 1 unspecified atom stereocenters. The van der Waals surface area contributed by atoms with E-state index in [0.29, 0.717) is 0 Å². The van der Waals surface area contributed by atoms with E-state index in [0.717, 1.165) is 18.9 Å². The van der Waals surface area contributed by atoms with Gasteiger partial charge in [0.25, 0.3) is 0 Å². The van der Waals surface area contributed by atoms with Crippen LogP contribution in [0.3, 0.4) is 0 Å². The molecule has 2 heteroatoms. The Kier molecular flexibility index (Phi) is 2.55.